The summed E-state index contributed by atoms with van der Waals surface area (Å²) in [6.07, 6.45) is 0. The topological polar surface area (TPSA) is 66.5 Å². The molecule has 0 saturated carbocycles. The van der Waals surface area contributed by atoms with Crippen molar-refractivity contribution in [1.29, 1.82) is 0 Å². The number of amides is 1. The summed E-state index contributed by atoms with van der Waals surface area (Å²) in [6.45, 7) is 8.19. The molecule has 1 aromatic rings. The summed E-state index contributed by atoms with van der Waals surface area (Å²) in [7, 11) is -3.70. The van der Waals surface area contributed by atoms with Crippen molar-refractivity contribution in [3.63, 3.8) is 0 Å². The highest BCUT2D eigenvalue weighted by atomic mass is 35.5. The molecule has 5 nitrogen and oxygen atoms in total. The second kappa shape index (κ2) is 7.44. The zero-order chi connectivity index (χ0) is 17.0. The Morgan fingerprint density at radius 1 is 1.23 bits per heavy atom. The number of nitrogens with one attached hydrogen (secondary N) is 1. The third kappa shape index (κ3) is 5.59. The van der Waals surface area contributed by atoms with Gasteiger partial charge in [0.2, 0.25) is 15.9 Å². The molecule has 0 aliphatic carbocycles. The van der Waals surface area contributed by atoms with Crippen molar-refractivity contribution in [1.82, 2.24) is 9.62 Å². The number of halogens is 1. The summed E-state index contributed by atoms with van der Waals surface area (Å²) in [5, 5.41) is 3.22. The van der Waals surface area contributed by atoms with Crippen LogP contribution in [0.1, 0.15) is 27.7 Å². The molecule has 0 unspecified atom stereocenters. The molecule has 0 atom stereocenters. The Labute approximate surface area is 137 Å². The highest BCUT2D eigenvalue weighted by Crippen LogP contribution is 2.18. The van der Waals surface area contributed by atoms with Gasteiger partial charge in [0.25, 0.3) is 0 Å². The van der Waals surface area contributed by atoms with Gasteiger partial charge in [0.15, 0.2) is 0 Å². The van der Waals surface area contributed by atoms with E-state index in [-0.39, 0.29) is 29.3 Å². The minimum absolute atomic E-state index is 0.0538. The lowest BCUT2D eigenvalue weighted by Crippen LogP contribution is -2.42. The van der Waals surface area contributed by atoms with Crippen molar-refractivity contribution in [2.75, 3.05) is 19.6 Å². The fraction of sp³-hybridized carbons (Fsp3) is 0.533. The van der Waals surface area contributed by atoms with Gasteiger partial charge in [-0.1, -0.05) is 39.3 Å². The van der Waals surface area contributed by atoms with Crippen LogP contribution in [-0.4, -0.2) is 38.3 Å². The first-order valence-corrected chi connectivity index (χ1v) is 8.90. The molecule has 0 aliphatic rings. The largest absolute Gasteiger partial charge is 0.354 e. The molecule has 0 saturated heterocycles. The molecular weight excluding hydrogens is 324 g/mol. The van der Waals surface area contributed by atoms with Crippen LogP contribution < -0.4 is 5.32 Å². The summed E-state index contributed by atoms with van der Waals surface area (Å²) < 4.78 is 26.2. The average molecular weight is 347 g/mol. The van der Waals surface area contributed by atoms with Crippen LogP contribution in [0.4, 0.5) is 0 Å². The van der Waals surface area contributed by atoms with Gasteiger partial charge in [-0.05, 0) is 29.7 Å². The average Bonchev–Trinajstić information content (AvgIpc) is 2.42. The van der Waals surface area contributed by atoms with Crippen LogP contribution >= 0.6 is 11.6 Å². The highest BCUT2D eigenvalue weighted by Gasteiger charge is 2.25. The van der Waals surface area contributed by atoms with Crippen LogP contribution in [0.25, 0.3) is 0 Å². The van der Waals surface area contributed by atoms with Crippen LogP contribution in [0.3, 0.4) is 0 Å². The molecule has 22 heavy (non-hydrogen) atoms. The number of hydrogen-bond acceptors (Lipinski definition) is 3. The lowest BCUT2D eigenvalue weighted by atomic mass is 9.97. The number of hydrogen-bond donors (Lipinski definition) is 1. The fourth-order valence-electron chi connectivity index (χ4n) is 1.70. The number of carbonyl (C=O) groups is 1. The molecule has 0 heterocycles. The van der Waals surface area contributed by atoms with E-state index in [1.165, 1.54) is 24.3 Å². The number of rotatable bonds is 6. The lowest BCUT2D eigenvalue weighted by Gasteiger charge is -2.22. The van der Waals surface area contributed by atoms with Gasteiger partial charge < -0.3 is 5.32 Å². The van der Waals surface area contributed by atoms with Gasteiger partial charge in [0.05, 0.1) is 11.4 Å². The first-order chi connectivity index (χ1) is 10.1. The Balaban J connectivity index is 2.82. The molecule has 0 fully saturated rings. The predicted octanol–water partition coefficient (Wildman–Crippen LogP) is 2.51. The van der Waals surface area contributed by atoms with Gasteiger partial charge in [0.1, 0.15) is 0 Å². The van der Waals surface area contributed by atoms with Crippen molar-refractivity contribution >= 4 is 27.5 Å². The highest BCUT2D eigenvalue weighted by molar-refractivity contribution is 7.89. The molecular formula is C15H23ClN2O3S. The fourth-order valence-corrected chi connectivity index (χ4v) is 3.23. The number of carbonyl (C=O) groups excluding carboxylic acids is 1. The Kier molecular flexibility index (Phi) is 6.40. The van der Waals surface area contributed by atoms with Crippen molar-refractivity contribution in [3.8, 4) is 0 Å². The predicted molar refractivity (Wildman–Crippen MR) is 88.3 cm³/mol. The van der Waals surface area contributed by atoms with Crippen LogP contribution in [0.5, 0.6) is 0 Å². The minimum atomic E-state index is -3.70. The van der Waals surface area contributed by atoms with E-state index in [0.717, 1.165) is 4.31 Å². The summed E-state index contributed by atoms with van der Waals surface area (Å²) in [5.41, 5.74) is -0.0538. The Bertz CT molecular complexity index is 607. The van der Waals surface area contributed by atoms with Gasteiger partial charge in [0, 0.05) is 18.1 Å². The van der Waals surface area contributed by atoms with Crippen molar-refractivity contribution < 1.29 is 13.2 Å². The molecule has 0 radical (unpaired) electrons. The van der Waals surface area contributed by atoms with Crippen molar-refractivity contribution in [3.05, 3.63) is 29.3 Å². The summed E-state index contributed by atoms with van der Waals surface area (Å²) >= 11 is 5.77. The summed E-state index contributed by atoms with van der Waals surface area (Å²) in [4.78, 5) is 12.1. The molecule has 124 valence electrons. The second-order valence-corrected chi connectivity index (χ2v) is 8.60. The first-order valence-electron chi connectivity index (χ1n) is 7.08. The van der Waals surface area contributed by atoms with Crippen molar-refractivity contribution in [2.45, 2.75) is 32.6 Å². The van der Waals surface area contributed by atoms with Crippen LogP contribution in [0.2, 0.25) is 5.02 Å². The van der Waals surface area contributed by atoms with Crippen LogP contribution in [-0.2, 0) is 14.8 Å². The zero-order valence-electron chi connectivity index (χ0n) is 13.4. The maximum Gasteiger partial charge on any atom is 0.243 e. The van der Waals surface area contributed by atoms with Gasteiger partial charge in [-0.25, -0.2) is 8.42 Å². The molecule has 1 aromatic carbocycles. The van der Waals surface area contributed by atoms with Crippen LogP contribution in [0.15, 0.2) is 29.2 Å². The number of nitrogens with zero attached hydrogens (tertiary/aromatic N) is 1. The van der Waals surface area contributed by atoms with E-state index in [4.69, 9.17) is 11.6 Å². The SMILES string of the molecule is CCN(CC(=O)NCC(C)(C)C)S(=O)(=O)c1ccc(Cl)cc1. The quantitative estimate of drug-likeness (QED) is 0.860. The lowest BCUT2D eigenvalue weighted by molar-refractivity contribution is -0.121. The Morgan fingerprint density at radius 3 is 2.23 bits per heavy atom. The van der Waals surface area contributed by atoms with Crippen LogP contribution in [0, 0.1) is 5.41 Å². The van der Waals surface area contributed by atoms with E-state index in [1.54, 1.807) is 6.92 Å². The van der Waals surface area contributed by atoms with Gasteiger partial charge >= 0.3 is 0 Å². The molecule has 1 rings (SSSR count). The van der Waals surface area contributed by atoms with E-state index < -0.39 is 10.0 Å². The van der Waals surface area contributed by atoms with E-state index in [2.05, 4.69) is 5.32 Å². The van der Waals surface area contributed by atoms with E-state index >= 15 is 0 Å². The molecule has 0 spiro atoms. The second-order valence-electron chi connectivity index (χ2n) is 6.22. The third-order valence-electron chi connectivity index (χ3n) is 2.94. The maximum atomic E-state index is 12.5. The van der Waals surface area contributed by atoms with Gasteiger partial charge in [-0.15, -0.1) is 0 Å². The van der Waals surface area contributed by atoms with E-state index in [0.29, 0.717) is 11.6 Å². The molecule has 7 heteroatoms. The maximum absolute atomic E-state index is 12.5. The minimum Gasteiger partial charge on any atom is -0.354 e. The summed E-state index contributed by atoms with van der Waals surface area (Å²) in [6, 6.07) is 5.91. The molecule has 1 N–H and O–H groups in total. The van der Waals surface area contributed by atoms with Crippen molar-refractivity contribution in [2.24, 2.45) is 5.41 Å². The normalized spacial score (nSPS) is 12.5. The molecule has 0 aromatic heterocycles. The van der Waals surface area contributed by atoms with E-state index in [9.17, 15) is 13.2 Å². The molecule has 0 aliphatic heterocycles. The molecule has 1 amide bonds. The third-order valence-corrected chi connectivity index (χ3v) is 5.13. The van der Waals surface area contributed by atoms with Gasteiger partial charge in [-0.2, -0.15) is 4.31 Å². The number of likely N-dealkylation sites (N-methyl/N-ethyl adjacent to an activating group) is 1. The smallest absolute Gasteiger partial charge is 0.243 e. The number of benzene rings is 1. The Morgan fingerprint density at radius 2 is 1.77 bits per heavy atom. The molecule has 0 bridgehead atoms. The number of sulfonamides is 1. The standard InChI is InChI=1S/C15H23ClN2O3S/c1-5-18(10-14(19)17-11-15(2,3)4)22(20,21)13-8-6-12(16)7-9-13/h6-9H,5,10-11H2,1-4H3,(H,17,19). The Hall–Kier alpha value is -1.11. The van der Waals surface area contributed by atoms with Gasteiger partial charge in [-0.3, -0.25) is 4.79 Å². The zero-order valence-corrected chi connectivity index (χ0v) is 15.0. The summed E-state index contributed by atoms with van der Waals surface area (Å²) in [5.74, 6) is -0.311. The first kappa shape index (κ1) is 18.9. The van der Waals surface area contributed by atoms with E-state index in [1.807, 2.05) is 20.8 Å². The monoisotopic (exact) mass is 346 g/mol.